The van der Waals surface area contributed by atoms with Gasteiger partial charge in [0.05, 0.1) is 30.1 Å². The predicted molar refractivity (Wildman–Crippen MR) is 163 cm³/mol. The monoisotopic (exact) mass is 678 g/mol. The Kier molecular flexibility index (Phi) is 9.14. The zero-order valence-corrected chi connectivity index (χ0v) is 26.5. The highest BCUT2D eigenvalue weighted by Gasteiger charge is 2.57. The third kappa shape index (κ3) is 7.02. The normalized spacial score (nSPS) is 18.9. The molecule has 46 heavy (non-hydrogen) atoms. The number of Topliss-reactive ketones (excluding diaryl/α,β-unsaturated/α-hetero) is 1. The van der Waals surface area contributed by atoms with Gasteiger partial charge in [0.1, 0.15) is 24.1 Å². The molecule has 3 aromatic rings. The number of carboxylic acid groups (broad SMARTS) is 1. The number of carbonyl (C=O) groups excluding carboxylic acids is 2. The van der Waals surface area contributed by atoms with Crippen LogP contribution in [0.2, 0.25) is 0 Å². The molecule has 1 unspecified atom stereocenters. The van der Waals surface area contributed by atoms with E-state index in [1.165, 1.54) is 19.2 Å². The summed E-state index contributed by atoms with van der Waals surface area (Å²) in [5.74, 6) is -2.83. The van der Waals surface area contributed by atoms with E-state index in [-0.39, 0.29) is 10.8 Å². The second kappa shape index (κ2) is 12.8. The number of pyridine rings is 1. The SMILES string of the molecule is C[n+]1ccc2cc(OC[C@H](O/N=C(\C(=O)CC3C(=O)N(OS(=O)(=O)O)C3(C)C)c3csc(N)n3)C(=O)O)ccc2c1NC1CNC1. The number of carboxylic acids is 1. The van der Waals surface area contributed by atoms with Gasteiger partial charge in [-0.3, -0.25) is 19.5 Å². The molecule has 1 aromatic carbocycles. The standard InChI is InChI=1S/C27H31N7O10S2/c1-27(2)18(24(36)34(27)44-46(39,40)41)9-20(35)22(19-13-45-26(28)31-19)32-43-21(25(37)38)12-42-16-4-5-17-14(8-16)6-7-33(3)23(17)30-15-10-29-11-15/h4-8,13,15,18,21,29H,9-12H2,1-3H3,(H4,28,31,37,38,39,40,41)/p+1/b32-22-/t18?,21-/m0/s1. The molecule has 0 aliphatic carbocycles. The van der Waals surface area contributed by atoms with E-state index in [0.29, 0.717) is 16.9 Å². The van der Waals surface area contributed by atoms with Gasteiger partial charge in [0.2, 0.25) is 0 Å². The Morgan fingerprint density at radius 1 is 1.33 bits per heavy atom. The van der Waals surface area contributed by atoms with Gasteiger partial charge in [0.25, 0.3) is 17.8 Å². The van der Waals surface area contributed by atoms with Gasteiger partial charge in [-0.1, -0.05) is 5.16 Å². The summed E-state index contributed by atoms with van der Waals surface area (Å²) in [6.45, 7) is 4.11. The van der Waals surface area contributed by atoms with Crippen molar-refractivity contribution in [3.05, 3.63) is 41.5 Å². The quantitative estimate of drug-likeness (QED) is 0.0506. The van der Waals surface area contributed by atoms with Gasteiger partial charge >= 0.3 is 16.4 Å². The zero-order valence-electron chi connectivity index (χ0n) is 24.9. The molecule has 4 heterocycles. The molecule has 0 bridgehead atoms. The molecule has 6 N–H and O–H groups in total. The minimum Gasteiger partial charge on any atom is -0.489 e. The molecule has 2 fully saturated rings. The lowest BCUT2D eigenvalue weighted by atomic mass is 9.74. The van der Waals surface area contributed by atoms with Crippen molar-refractivity contribution in [2.45, 2.75) is 38.0 Å². The Morgan fingerprint density at radius 3 is 2.65 bits per heavy atom. The molecule has 0 radical (unpaired) electrons. The fourth-order valence-electron chi connectivity index (χ4n) is 4.93. The smallest absolute Gasteiger partial charge is 0.418 e. The number of nitrogens with zero attached hydrogens (tertiary/aromatic N) is 4. The number of carbonyl (C=O) groups is 3. The van der Waals surface area contributed by atoms with Gasteiger partial charge in [0, 0.05) is 24.9 Å². The third-order valence-electron chi connectivity index (χ3n) is 7.64. The summed E-state index contributed by atoms with van der Waals surface area (Å²) in [5, 5.41) is 24.1. The van der Waals surface area contributed by atoms with E-state index in [0.717, 1.165) is 41.0 Å². The van der Waals surface area contributed by atoms with Crippen LogP contribution < -0.4 is 25.7 Å². The average molecular weight is 679 g/mol. The van der Waals surface area contributed by atoms with Gasteiger partial charge in [-0.15, -0.1) is 15.6 Å². The predicted octanol–water partition coefficient (Wildman–Crippen LogP) is 0.270. The number of amides is 1. The first-order valence-corrected chi connectivity index (χ1v) is 16.1. The number of hydrogen-bond acceptors (Lipinski definition) is 14. The van der Waals surface area contributed by atoms with Crippen LogP contribution in [-0.4, -0.2) is 88.9 Å². The Morgan fingerprint density at radius 2 is 2.07 bits per heavy atom. The number of benzene rings is 1. The molecule has 2 aromatic heterocycles. The van der Waals surface area contributed by atoms with Crippen molar-refractivity contribution in [1.82, 2.24) is 15.4 Å². The first-order valence-electron chi connectivity index (χ1n) is 13.9. The second-order valence-electron chi connectivity index (χ2n) is 11.2. The molecule has 2 atom stereocenters. The summed E-state index contributed by atoms with van der Waals surface area (Å²) in [6.07, 6.45) is -0.236. The summed E-state index contributed by atoms with van der Waals surface area (Å²) in [4.78, 5) is 47.3. The van der Waals surface area contributed by atoms with Crippen molar-refractivity contribution >= 4 is 66.8 Å². The van der Waals surface area contributed by atoms with Crippen LogP contribution in [-0.2, 0) is 41.0 Å². The number of nitrogens with two attached hydrogens (primary N) is 1. The van der Waals surface area contributed by atoms with Crippen LogP contribution in [0.15, 0.2) is 41.0 Å². The molecule has 246 valence electrons. The lowest BCUT2D eigenvalue weighted by Gasteiger charge is -2.50. The van der Waals surface area contributed by atoms with Crippen LogP contribution in [0.3, 0.4) is 0 Å². The van der Waals surface area contributed by atoms with Crippen molar-refractivity contribution in [3.8, 4) is 5.75 Å². The van der Waals surface area contributed by atoms with E-state index < -0.39 is 64.4 Å². The Labute approximate surface area is 266 Å². The molecule has 2 saturated heterocycles. The molecular weight excluding hydrogens is 646 g/mol. The fourth-order valence-corrected chi connectivity index (χ4v) is 5.93. The van der Waals surface area contributed by atoms with E-state index in [1.807, 2.05) is 29.9 Å². The van der Waals surface area contributed by atoms with E-state index in [4.69, 9.17) is 19.9 Å². The van der Waals surface area contributed by atoms with Gasteiger partial charge in [-0.25, -0.2) is 14.3 Å². The number of nitrogen functional groups attached to an aromatic ring is 1. The Hall–Kier alpha value is -4.43. The highest BCUT2D eigenvalue weighted by atomic mass is 32.3. The largest absolute Gasteiger partial charge is 0.489 e. The topological polar surface area (TPSA) is 236 Å². The first-order chi connectivity index (χ1) is 21.6. The lowest BCUT2D eigenvalue weighted by molar-refractivity contribution is -0.656. The molecule has 2 aliphatic rings. The minimum absolute atomic E-state index is 0.0158. The molecule has 1 amide bonds. The summed E-state index contributed by atoms with van der Waals surface area (Å²) in [5.41, 5.74) is 3.99. The number of ketones is 1. The van der Waals surface area contributed by atoms with Crippen LogP contribution >= 0.6 is 11.3 Å². The molecule has 19 heteroatoms. The summed E-state index contributed by atoms with van der Waals surface area (Å²) < 4.78 is 43.3. The molecule has 0 saturated carbocycles. The number of oxime groups is 1. The number of aliphatic carboxylic acids is 1. The number of aromatic nitrogens is 2. The molecular formula is C27H32N7O10S2+. The summed E-state index contributed by atoms with van der Waals surface area (Å²) in [6, 6.07) is 7.55. The van der Waals surface area contributed by atoms with Crippen molar-refractivity contribution in [2.24, 2.45) is 18.1 Å². The van der Waals surface area contributed by atoms with Gasteiger partial charge < -0.3 is 25.7 Å². The number of anilines is 2. The average Bonchev–Trinajstić information content (AvgIpc) is 3.39. The van der Waals surface area contributed by atoms with Gasteiger partial charge in [0.15, 0.2) is 16.6 Å². The highest BCUT2D eigenvalue weighted by Crippen LogP contribution is 2.40. The molecule has 5 rings (SSSR count). The summed E-state index contributed by atoms with van der Waals surface area (Å²) in [7, 11) is -3.05. The minimum atomic E-state index is -4.99. The van der Waals surface area contributed by atoms with Gasteiger partial charge in [-0.05, 0) is 43.5 Å². The number of rotatable bonds is 14. The van der Waals surface area contributed by atoms with E-state index in [1.54, 1.807) is 12.1 Å². The van der Waals surface area contributed by atoms with Crippen molar-refractivity contribution in [2.75, 3.05) is 30.7 Å². The summed E-state index contributed by atoms with van der Waals surface area (Å²) >= 11 is 0.992. The molecule has 0 spiro atoms. The van der Waals surface area contributed by atoms with E-state index >= 15 is 0 Å². The van der Waals surface area contributed by atoms with Crippen LogP contribution in [0.25, 0.3) is 10.8 Å². The first kappa shape index (κ1) is 32.9. The Bertz CT molecular complexity index is 1820. The molecule has 17 nitrogen and oxygen atoms in total. The number of nitrogens with one attached hydrogen (secondary N) is 2. The van der Waals surface area contributed by atoms with Crippen LogP contribution in [0.5, 0.6) is 5.75 Å². The van der Waals surface area contributed by atoms with Crippen LogP contribution in [0.1, 0.15) is 26.0 Å². The van der Waals surface area contributed by atoms with Gasteiger partial charge in [-0.2, -0.15) is 13.5 Å². The number of aryl methyl sites for hydroxylation is 1. The third-order valence-corrected chi connectivity index (χ3v) is 8.65. The van der Waals surface area contributed by atoms with Crippen molar-refractivity contribution in [1.29, 1.82) is 0 Å². The maximum absolute atomic E-state index is 13.4. The number of ether oxygens (including phenoxy) is 1. The van der Waals surface area contributed by atoms with E-state index in [9.17, 15) is 27.9 Å². The van der Waals surface area contributed by atoms with Crippen LogP contribution in [0.4, 0.5) is 10.9 Å². The second-order valence-corrected chi connectivity index (χ2v) is 13.1. The van der Waals surface area contributed by atoms with Crippen LogP contribution in [0, 0.1) is 5.92 Å². The number of thiazole rings is 1. The fraction of sp³-hybridized carbons (Fsp3) is 0.407. The zero-order chi connectivity index (χ0) is 33.4. The highest BCUT2D eigenvalue weighted by molar-refractivity contribution is 7.80. The van der Waals surface area contributed by atoms with Crippen molar-refractivity contribution < 1.29 is 50.9 Å². The number of hydroxylamine groups is 2. The van der Waals surface area contributed by atoms with Crippen molar-refractivity contribution in [3.63, 3.8) is 0 Å². The number of β-lactam (4-membered cyclic amide) rings is 1. The maximum Gasteiger partial charge on any atom is 0.418 e. The number of hydrogen-bond donors (Lipinski definition) is 5. The van der Waals surface area contributed by atoms with E-state index in [2.05, 4.69) is 25.1 Å². The number of fused-ring (bicyclic) bond motifs is 1. The maximum atomic E-state index is 13.4. The lowest BCUT2D eigenvalue weighted by Crippen LogP contribution is -2.68. The molecule has 2 aliphatic heterocycles. The Balaban J connectivity index is 1.30.